The lowest BCUT2D eigenvalue weighted by Gasteiger charge is -2.37. The summed E-state index contributed by atoms with van der Waals surface area (Å²) in [6.45, 7) is 12.7. The van der Waals surface area contributed by atoms with Gasteiger partial charge >= 0.3 is 6.09 Å². The molecule has 0 aliphatic rings. The molecule has 198 valence electrons. The van der Waals surface area contributed by atoms with E-state index in [0.29, 0.717) is 16.8 Å². The first-order valence-electron chi connectivity index (χ1n) is 12.1. The molecule has 3 amide bonds. The van der Waals surface area contributed by atoms with Crippen LogP contribution in [-0.4, -0.2) is 46.2 Å². The standard InChI is InChI=1S/C29H37N3O4S/c1-9-21-13-15-22(16-14-21)25(26(33)31-24-19(4)11-10-12-20(24)5)32(18(2)3)27(34)23(17-37)30-28(35)36-29(6,7)8/h1,10-16,18,23,25,37H,17H2,2-8H3,(H,30,35)(H,31,33). The number of carbonyl (C=O) groups excluding carboxylic acids is 3. The molecule has 0 aliphatic carbocycles. The minimum atomic E-state index is -1.01. The van der Waals surface area contributed by atoms with Crippen LogP contribution in [0.15, 0.2) is 42.5 Å². The highest BCUT2D eigenvalue weighted by Gasteiger charge is 2.37. The topological polar surface area (TPSA) is 87.7 Å². The Hall–Kier alpha value is -3.44. The van der Waals surface area contributed by atoms with Crippen LogP contribution in [0.1, 0.15) is 62.9 Å². The van der Waals surface area contributed by atoms with Crippen LogP contribution in [0.25, 0.3) is 0 Å². The molecule has 0 spiro atoms. The molecule has 0 saturated heterocycles. The molecule has 37 heavy (non-hydrogen) atoms. The molecule has 8 heteroatoms. The molecule has 0 bridgehead atoms. The maximum atomic E-state index is 13.9. The van der Waals surface area contributed by atoms with E-state index in [0.717, 1.165) is 11.1 Å². The second kappa shape index (κ2) is 12.7. The van der Waals surface area contributed by atoms with Gasteiger partial charge in [-0.15, -0.1) is 6.42 Å². The van der Waals surface area contributed by atoms with Gasteiger partial charge in [-0.25, -0.2) is 4.79 Å². The van der Waals surface area contributed by atoms with Gasteiger partial charge in [0.05, 0.1) is 0 Å². The van der Waals surface area contributed by atoms with Crippen molar-refractivity contribution < 1.29 is 19.1 Å². The summed E-state index contributed by atoms with van der Waals surface area (Å²) in [7, 11) is 0. The van der Waals surface area contributed by atoms with Crippen molar-refractivity contribution in [2.45, 2.75) is 72.2 Å². The molecule has 0 heterocycles. The normalized spacial score (nSPS) is 12.8. The monoisotopic (exact) mass is 523 g/mol. The minimum absolute atomic E-state index is 0.0164. The van der Waals surface area contributed by atoms with Gasteiger partial charge in [-0.3, -0.25) is 9.59 Å². The average Bonchev–Trinajstić information content (AvgIpc) is 2.81. The van der Waals surface area contributed by atoms with Gasteiger partial charge in [0.15, 0.2) is 0 Å². The number of amides is 3. The van der Waals surface area contributed by atoms with E-state index >= 15 is 0 Å². The molecule has 0 aliphatic heterocycles. The Kier molecular flexibility index (Phi) is 10.2. The fourth-order valence-corrected chi connectivity index (χ4v) is 4.15. The van der Waals surface area contributed by atoms with Crippen LogP contribution < -0.4 is 10.6 Å². The summed E-state index contributed by atoms with van der Waals surface area (Å²) in [5.41, 5.74) is 2.99. The molecule has 0 aromatic heterocycles. The summed E-state index contributed by atoms with van der Waals surface area (Å²) < 4.78 is 5.33. The van der Waals surface area contributed by atoms with Gasteiger partial charge in [-0.05, 0) is 77.3 Å². The van der Waals surface area contributed by atoms with Crippen LogP contribution in [-0.2, 0) is 14.3 Å². The number of thiol groups is 1. The molecule has 2 rings (SSSR count). The third kappa shape index (κ3) is 8.02. The fourth-order valence-electron chi connectivity index (χ4n) is 3.90. The van der Waals surface area contributed by atoms with Crippen molar-refractivity contribution in [3.8, 4) is 12.3 Å². The Bertz CT molecular complexity index is 1140. The first-order chi connectivity index (χ1) is 17.3. The third-order valence-electron chi connectivity index (χ3n) is 5.63. The number of alkyl carbamates (subject to hydrolysis) is 1. The Morgan fingerprint density at radius 1 is 1.05 bits per heavy atom. The SMILES string of the molecule is C#Cc1ccc(C(C(=O)Nc2c(C)cccc2C)N(C(=O)C(CS)NC(=O)OC(C)(C)C)C(C)C)cc1. The van der Waals surface area contributed by atoms with Gasteiger partial charge < -0.3 is 20.3 Å². The van der Waals surface area contributed by atoms with Crippen molar-refractivity contribution >= 4 is 36.2 Å². The number of hydrogen-bond acceptors (Lipinski definition) is 5. The number of hydrogen-bond donors (Lipinski definition) is 3. The first-order valence-corrected chi connectivity index (χ1v) is 12.8. The molecule has 7 nitrogen and oxygen atoms in total. The summed E-state index contributed by atoms with van der Waals surface area (Å²) in [5, 5.41) is 5.62. The molecular formula is C29H37N3O4S. The zero-order chi connectivity index (χ0) is 27.9. The number of benzene rings is 2. The molecule has 0 saturated carbocycles. The van der Waals surface area contributed by atoms with Crippen molar-refractivity contribution in [3.63, 3.8) is 0 Å². The van der Waals surface area contributed by atoms with E-state index in [2.05, 4.69) is 29.2 Å². The fraction of sp³-hybridized carbons (Fsp3) is 0.414. The third-order valence-corrected chi connectivity index (χ3v) is 6.00. The lowest BCUT2D eigenvalue weighted by molar-refractivity contribution is -0.142. The largest absolute Gasteiger partial charge is 0.444 e. The molecule has 2 N–H and O–H groups in total. The van der Waals surface area contributed by atoms with Crippen molar-refractivity contribution in [1.82, 2.24) is 10.2 Å². The maximum Gasteiger partial charge on any atom is 0.408 e. The van der Waals surface area contributed by atoms with Crippen LogP contribution >= 0.6 is 12.6 Å². The van der Waals surface area contributed by atoms with Crippen LogP contribution in [0.5, 0.6) is 0 Å². The summed E-state index contributed by atoms with van der Waals surface area (Å²) in [6, 6.07) is 10.3. The van der Waals surface area contributed by atoms with Crippen LogP contribution in [0, 0.1) is 26.2 Å². The number of carbonyl (C=O) groups is 3. The minimum Gasteiger partial charge on any atom is -0.444 e. The first kappa shape index (κ1) is 29.8. The Labute approximate surface area is 225 Å². The number of terminal acetylenes is 1. The summed E-state index contributed by atoms with van der Waals surface area (Å²) in [5.74, 6) is 1.74. The number of anilines is 1. The van der Waals surface area contributed by atoms with Crippen molar-refractivity contribution in [3.05, 3.63) is 64.7 Å². The van der Waals surface area contributed by atoms with Gasteiger partial charge in [-0.1, -0.05) is 36.3 Å². The molecular weight excluding hydrogens is 486 g/mol. The highest BCUT2D eigenvalue weighted by molar-refractivity contribution is 7.80. The van der Waals surface area contributed by atoms with Gasteiger partial charge in [0.2, 0.25) is 5.91 Å². The van der Waals surface area contributed by atoms with E-state index in [4.69, 9.17) is 11.2 Å². The quantitative estimate of drug-likeness (QED) is 0.335. The number of nitrogens with one attached hydrogen (secondary N) is 2. The second-order valence-electron chi connectivity index (χ2n) is 10.1. The Morgan fingerprint density at radius 2 is 1.62 bits per heavy atom. The van der Waals surface area contributed by atoms with Crippen molar-refractivity contribution in [2.24, 2.45) is 0 Å². The highest BCUT2D eigenvalue weighted by atomic mass is 32.1. The number of aryl methyl sites for hydroxylation is 2. The second-order valence-corrected chi connectivity index (χ2v) is 10.5. The van der Waals surface area contributed by atoms with E-state index in [1.165, 1.54) is 4.90 Å². The van der Waals surface area contributed by atoms with Gasteiger partial charge in [-0.2, -0.15) is 12.6 Å². The summed E-state index contributed by atoms with van der Waals surface area (Å²) in [6.07, 6.45) is 4.78. The zero-order valence-electron chi connectivity index (χ0n) is 22.6. The lowest BCUT2D eigenvalue weighted by Crippen LogP contribution is -2.55. The number of rotatable bonds is 8. The average molecular weight is 524 g/mol. The molecule has 0 radical (unpaired) electrons. The van der Waals surface area contributed by atoms with Gasteiger partial charge in [0.1, 0.15) is 17.7 Å². The van der Waals surface area contributed by atoms with E-state index in [1.54, 1.807) is 45.0 Å². The predicted octanol–water partition coefficient (Wildman–Crippen LogP) is 5.02. The number of ether oxygens (including phenoxy) is 1. The van der Waals surface area contributed by atoms with Gasteiger partial charge in [0, 0.05) is 23.0 Å². The summed E-state index contributed by atoms with van der Waals surface area (Å²) in [4.78, 5) is 41.6. The van der Waals surface area contributed by atoms with Crippen LogP contribution in [0.2, 0.25) is 0 Å². The van der Waals surface area contributed by atoms with Crippen LogP contribution in [0.3, 0.4) is 0 Å². The molecule has 2 unspecified atom stereocenters. The number of nitrogens with zero attached hydrogens (tertiary/aromatic N) is 1. The van der Waals surface area contributed by atoms with Crippen molar-refractivity contribution in [2.75, 3.05) is 11.1 Å². The number of para-hydroxylation sites is 1. The van der Waals surface area contributed by atoms with E-state index < -0.39 is 35.7 Å². The molecule has 2 aromatic rings. The van der Waals surface area contributed by atoms with E-state index in [-0.39, 0.29) is 11.7 Å². The van der Waals surface area contributed by atoms with Crippen LogP contribution in [0.4, 0.5) is 10.5 Å². The van der Waals surface area contributed by atoms with E-state index in [9.17, 15) is 14.4 Å². The van der Waals surface area contributed by atoms with Crippen molar-refractivity contribution in [1.29, 1.82) is 0 Å². The Morgan fingerprint density at radius 3 is 2.08 bits per heavy atom. The highest BCUT2D eigenvalue weighted by Crippen LogP contribution is 2.28. The van der Waals surface area contributed by atoms with E-state index in [1.807, 2.05) is 45.9 Å². The molecule has 0 fully saturated rings. The maximum absolute atomic E-state index is 13.9. The smallest absolute Gasteiger partial charge is 0.408 e. The zero-order valence-corrected chi connectivity index (χ0v) is 23.5. The molecule has 2 aromatic carbocycles. The lowest BCUT2D eigenvalue weighted by atomic mass is 9.99. The Balaban J connectivity index is 2.52. The van der Waals surface area contributed by atoms with Gasteiger partial charge in [0.25, 0.3) is 5.91 Å². The summed E-state index contributed by atoms with van der Waals surface area (Å²) >= 11 is 4.30. The predicted molar refractivity (Wildman–Crippen MR) is 151 cm³/mol. The molecule has 2 atom stereocenters.